The Kier molecular flexibility index (Phi) is 7.64. The second kappa shape index (κ2) is 8.94. The van der Waals surface area contributed by atoms with E-state index in [1.807, 2.05) is 0 Å². The quantitative estimate of drug-likeness (QED) is 0.392. The van der Waals surface area contributed by atoms with Gasteiger partial charge in [0, 0.05) is 23.7 Å². The van der Waals surface area contributed by atoms with Crippen LogP contribution in [0, 0.1) is 17.1 Å². The van der Waals surface area contributed by atoms with Gasteiger partial charge in [0.1, 0.15) is 37.8 Å². The third-order valence-electron chi connectivity index (χ3n) is 4.95. The Hall–Kier alpha value is -0.480. The maximum absolute atomic E-state index is 14.8. The zero-order valence-corrected chi connectivity index (χ0v) is 20.1. The highest BCUT2D eigenvalue weighted by Crippen LogP contribution is 2.59. The zero-order chi connectivity index (χ0) is 22.1. The summed E-state index contributed by atoms with van der Waals surface area (Å²) >= 11 is 1.38. The number of halogens is 3. The molecular weight excluding hydrogens is 486 g/mol. The molecule has 1 aromatic rings. The second-order valence-corrected chi connectivity index (χ2v) is 14.0. The number of aromatic nitrogens is 1. The molecule has 1 aliphatic rings. The number of hydrogen-bond donors (Lipinski definition) is 3. The van der Waals surface area contributed by atoms with Crippen LogP contribution in [-0.2, 0) is 16.9 Å². The van der Waals surface area contributed by atoms with Crippen LogP contribution in [-0.4, -0.2) is 42.6 Å². The Morgan fingerprint density at radius 2 is 2.17 bits per heavy atom. The van der Waals surface area contributed by atoms with Crippen molar-refractivity contribution in [2.45, 2.75) is 55.6 Å². The van der Waals surface area contributed by atoms with E-state index in [9.17, 15) is 23.1 Å². The van der Waals surface area contributed by atoms with E-state index in [1.54, 1.807) is 27.7 Å². The Balaban J connectivity index is 2.63. The van der Waals surface area contributed by atoms with E-state index in [1.165, 1.54) is 6.07 Å². The minimum Gasteiger partial charge on any atom is -0.598 e. The average Bonchev–Trinajstić information content (AvgIpc) is 2.65. The summed E-state index contributed by atoms with van der Waals surface area (Å²) in [7, 11) is -2.94. The van der Waals surface area contributed by atoms with Gasteiger partial charge in [-0.2, -0.15) is 5.26 Å². The summed E-state index contributed by atoms with van der Waals surface area (Å²) in [5.41, 5.74) is -2.18. The number of alkyl halides is 1. The van der Waals surface area contributed by atoms with Crippen LogP contribution >= 0.6 is 26.4 Å². The molecule has 0 bridgehead atoms. The van der Waals surface area contributed by atoms with Crippen molar-refractivity contribution >= 4 is 37.8 Å². The molecule has 2 heterocycles. The molecule has 29 heavy (non-hydrogen) atoms. The first-order valence-electron chi connectivity index (χ1n) is 9.10. The van der Waals surface area contributed by atoms with Gasteiger partial charge >= 0.3 is 0 Å². The summed E-state index contributed by atoms with van der Waals surface area (Å²) in [5, 5.41) is 9.74. The molecule has 4 atom stereocenters. The van der Waals surface area contributed by atoms with Crippen molar-refractivity contribution in [2.24, 2.45) is 0 Å². The fourth-order valence-corrected chi connectivity index (χ4v) is 7.19. The lowest BCUT2D eigenvalue weighted by atomic mass is 9.99. The number of pyridine rings is 1. The molecule has 2 rings (SSSR count). The van der Waals surface area contributed by atoms with Crippen molar-refractivity contribution in [2.75, 3.05) is 19.0 Å². The van der Waals surface area contributed by atoms with Crippen LogP contribution in [0.5, 0.6) is 0 Å². The molecule has 6 nitrogen and oxygen atoms in total. The summed E-state index contributed by atoms with van der Waals surface area (Å²) in [5.74, 6) is -1.15. The van der Waals surface area contributed by atoms with Gasteiger partial charge in [-0.05, 0) is 68.6 Å². The highest BCUT2D eigenvalue weighted by molar-refractivity contribution is 9.10. The van der Waals surface area contributed by atoms with E-state index in [0.717, 1.165) is 6.07 Å². The van der Waals surface area contributed by atoms with Crippen LogP contribution < -0.4 is 9.44 Å². The maximum atomic E-state index is 14.8. The highest BCUT2D eigenvalue weighted by Gasteiger charge is 2.54. The molecule has 0 spiro atoms. The summed E-state index contributed by atoms with van der Waals surface area (Å²) in [6, 6.07) is 4.67. The van der Waals surface area contributed by atoms with Crippen molar-refractivity contribution in [3.8, 4) is 6.07 Å². The van der Waals surface area contributed by atoms with Crippen LogP contribution in [0.15, 0.2) is 16.7 Å². The monoisotopic (exact) mass is 512 g/mol. The summed E-state index contributed by atoms with van der Waals surface area (Å²) in [4.78, 5) is 4.12. The maximum Gasteiger partial charge on any atom is 0.147 e. The first-order chi connectivity index (χ1) is 13.3. The minimum atomic E-state index is -2.94. The van der Waals surface area contributed by atoms with Gasteiger partial charge in [0.2, 0.25) is 0 Å². The minimum absolute atomic E-state index is 0.275. The first-order valence-corrected chi connectivity index (χ1v) is 12.8. The predicted molar refractivity (Wildman–Crippen MR) is 117 cm³/mol. The number of nitrogens with zero attached hydrogens (tertiary/aromatic N) is 2. The Morgan fingerprint density at radius 3 is 2.72 bits per heavy atom. The smallest absolute Gasteiger partial charge is 0.147 e. The van der Waals surface area contributed by atoms with Gasteiger partial charge in [0.15, 0.2) is 0 Å². The van der Waals surface area contributed by atoms with E-state index in [4.69, 9.17) is 0 Å². The van der Waals surface area contributed by atoms with Crippen LogP contribution in [0.1, 0.15) is 46.2 Å². The Bertz CT molecular complexity index is 794. The molecule has 0 radical (unpaired) electrons. The number of hydrogen-bond acceptors (Lipinski definition) is 6. The fourth-order valence-electron chi connectivity index (χ4n) is 3.05. The van der Waals surface area contributed by atoms with E-state index in [-0.39, 0.29) is 16.0 Å². The SMILES string of the molecule is CC(C)(C)[S@@+]([O-])NC(CF)(C[S@]1(O)NCCC[C@@]1(C)C#N)c1nc(Br)ccc1F. The number of nitriles is 1. The fraction of sp³-hybridized carbons (Fsp3) is 0.667. The standard InChI is InChI=1S/C18H27BrF2N4O2S2/c1-16(2,3)28(26)25-18(10-20,15-13(21)6-7-14(19)24-15)12-29(27)17(4,11-22)8-5-9-23-29/h6-7,23,25,27H,5,8-10,12H2,1-4H3/t17-,18?,28+/m0/s1. The van der Waals surface area contributed by atoms with Crippen LogP contribution in [0.2, 0.25) is 0 Å². The first kappa shape index (κ1) is 24.8. The molecule has 0 saturated carbocycles. The molecule has 1 saturated heterocycles. The highest BCUT2D eigenvalue weighted by atomic mass is 79.9. The lowest BCUT2D eigenvalue weighted by molar-refractivity contribution is 0.288. The topological polar surface area (TPSA) is 104 Å². The van der Waals surface area contributed by atoms with Crippen molar-refractivity contribution in [1.29, 1.82) is 5.26 Å². The van der Waals surface area contributed by atoms with Crippen LogP contribution in [0.4, 0.5) is 8.78 Å². The van der Waals surface area contributed by atoms with Crippen LogP contribution in [0.3, 0.4) is 0 Å². The Morgan fingerprint density at radius 1 is 1.52 bits per heavy atom. The largest absolute Gasteiger partial charge is 0.598 e. The van der Waals surface area contributed by atoms with Gasteiger partial charge in [0.25, 0.3) is 0 Å². The lowest BCUT2D eigenvalue weighted by Gasteiger charge is -2.52. The molecule has 0 aromatic carbocycles. The van der Waals surface area contributed by atoms with Crippen molar-refractivity contribution in [3.05, 3.63) is 28.2 Å². The molecule has 1 unspecified atom stereocenters. The van der Waals surface area contributed by atoms with Gasteiger partial charge in [-0.3, -0.25) is 4.72 Å². The number of nitrogens with one attached hydrogen (secondary N) is 2. The van der Waals surface area contributed by atoms with Gasteiger partial charge in [-0.1, -0.05) is 10.5 Å². The van der Waals surface area contributed by atoms with E-state index >= 15 is 0 Å². The van der Waals surface area contributed by atoms with Gasteiger partial charge < -0.3 is 9.11 Å². The summed E-state index contributed by atoms with van der Waals surface area (Å²) < 4.78 is 57.9. The van der Waals surface area contributed by atoms with E-state index in [2.05, 4.69) is 36.4 Å². The van der Waals surface area contributed by atoms with Crippen molar-refractivity contribution in [1.82, 2.24) is 14.4 Å². The third-order valence-corrected chi connectivity index (χ3v) is 10.5. The zero-order valence-electron chi connectivity index (χ0n) is 16.9. The van der Waals surface area contributed by atoms with Gasteiger partial charge in [-0.25, -0.2) is 13.8 Å². The lowest BCUT2D eigenvalue weighted by Crippen LogP contribution is -2.59. The predicted octanol–water partition coefficient (Wildman–Crippen LogP) is 4.06. The molecule has 1 fully saturated rings. The van der Waals surface area contributed by atoms with Gasteiger partial charge in [0.05, 0.1) is 6.07 Å². The summed E-state index contributed by atoms with van der Waals surface area (Å²) in [6.07, 6.45) is 1.09. The van der Waals surface area contributed by atoms with Crippen molar-refractivity contribution < 1.29 is 17.9 Å². The normalized spacial score (nSPS) is 28.4. The molecule has 0 aliphatic carbocycles. The molecule has 164 valence electrons. The van der Waals surface area contributed by atoms with E-state index < -0.39 is 49.4 Å². The molecular formula is C18H27BrF2N4O2S2. The molecule has 0 amide bonds. The number of rotatable bonds is 6. The average molecular weight is 513 g/mol. The third kappa shape index (κ3) is 5.06. The molecule has 1 aromatic heterocycles. The molecule has 1 aliphatic heterocycles. The van der Waals surface area contributed by atoms with Gasteiger partial charge in [-0.15, -0.1) is 4.72 Å². The second-order valence-electron chi connectivity index (χ2n) is 8.35. The molecule has 11 heteroatoms. The summed E-state index contributed by atoms with van der Waals surface area (Å²) in [6.45, 7) is 5.98. The van der Waals surface area contributed by atoms with E-state index in [0.29, 0.717) is 19.4 Å². The Labute approximate surface area is 184 Å². The van der Waals surface area contributed by atoms with Crippen molar-refractivity contribution in [3.63, 3.8) is 0 Å². The van der Waals surface area contributed by atoms with Crippen LogP contribution in [0.25, 0.3) is 0 Å². The molecule has 3 N–H and O–H groups in total.